The summed E-state index contributed by atoms with van der Waals surface area (Å²) >= 11 is 0. The van der Waals surface area contributed by atoms with Crippen LogP contribution < -0.4 is 15.0 Å². The third-order valence-corrected chi connectivity index (χ3v) is 3.97. The summed E-state index contributed by atoms with van der Waals surface area (Å²) in [4.78, 5) is 25.9. The normalized spacial score (nSPS) is 10.2. The molecule has 0 unspecified atom stereocenters. The average Bonchev–Trinajstić information content (AvgIpc) is 2.57. The molecule has 0 heterocycles. The van der Waals surface area contributed by atoms with Crippen LogP contribution in [0.3, 0.4) is 0 Å². The minimum Gasteiger partial charge on any atom is -0.495 e. The number of para-hydroxylation sites is 2. The molecule has 2 aromatic carbocycles. The summed E-state index contributed by atoms with van der Waals surface area (Å²) in [5.74, 6) is 0.353. The van der Waals surface area contributed by atoms with Crippen LogP contribution >= 0.6 is 0 Å². The van der Waals surface area contributed by atoms with Crippen LogP contribution in [-0.4, -0.2) is 25.5 Å². The van der Waals surface area contributed by atoms with Gasteiger partial charge < -0.3 is 15.0 Å². The van der Waals surface area contributed by atoms with Crippen LogP contribution in [0.4, 0.5) is 11.4 Å². The Morgan fingerprint density at radius 2 is 1.84 bits per heavy atom. The summed E-state index contributed by atoms with van der Waals surface area (Å²) < 4.78 is 5.23. The number of aryl methyl sites for hydroxylation is 2. The molecular formula is C20H24N2O3. The number of methoxy groups -OCH3 is 1. The number of hydrogen-bond donors (Lipinski definition) is 1. The Morgan fingerprint density at radius 3 is 2.48 bits per heavy atom. The Morgan fingerprint density at radius 1 is 1.12 bits per heavy atom. The van der Waals surface area contributed by atoms with Crippen LogP contribution in [0.2, 0.25) is 0 Å². The Balaban J connectivity index is 2.06. The number of carbonyl (C=O) groups is 2. The number of nitrogens with one attached hydrogen (secondary N) is 1. The van der Waals surface area contributed by atoms with Gasteiger partial charge >= 0.3 is 0 Å². The van der Waals surface area contributed by atoms with E-state index in [0.717, 1.165) is 16.8 Å². The van der Waals surface area contributed by atoms with E-state index in [9.17, 15) is 9.59 Å². The molecular weight excluding hydrogens is 316 g/mol. The van der Waals surface area contributed by atoms with Crippen molar-refractivity contribution in [1.29, 1.82) is 0 Å². The lowest BCUT2D eigenvalue weighted by Gasteiger charge is -2.23. The van der Waals surface area contributed by atoms with Crippen molar-refractivity contribution in [3.63, 3.8) is 0 Å². The molecule has 25 heavy (non-hydrogen) atoms. The Kier molecular flexibility index (Phi) is 6.17. The summed E-state index contributed by atoms with van der Waals surface area (Å²) in [5, 5.41) is 2.83. The van der Waals surface area contributed by atoms with Crippen molar-refractivity contribution in [3.8, 4) is 5.75 Å². The van der Waals surface area contributed by atoms with E-state index < -0.39 is 0 Å². The number of ether oxygens (including phenoxy) is 1. The lowest BCUT2D eigenvalue weighted by Crippen LogP contribution is -2.32. The van der Waals surface area contributed by atoms with Crippen molar-refractivity contribution >= 4 is 23.2 Å². The van der Waals surface area contributed by atoms with Gasteiger partial charge in [-0.25, -0.2) is 0 Å². The van der Waals surface area contributed by atoms with E-state index in [1.807, 2.05) is 44.2 Å². The van der Waals surface area contributed by atoms with E-state index in [-0.39, 0.29) is 18.2 Å². The Bertz CT molecular complexity index is 771. The second-order valence-corrected chi connectivity index (χ2v) is 5.96. The molecule has 0 radical (unpaired) electrons. The van der Waals surface area contributed by atoms with Gasteiger partial charge in [-0.3, -0.25) is 9.59 Å². The zero-order chi connectivity index (χ0) is 18.4. The highest BCUT2D eigenvalue weighted by molar-refractivity contribution is 5.95. The van der Waals surface area contributed by atoms with Crippen LogP contribution in [0.5, 0.6) is 5.75 Å². The molecule has 0 fully saturated rings. The second kappa shape index (κ2) is 8.33. The van der Waals surface area contributed by atoms with Gasteiger partial charge in [0.1, 0.15) is 5.75 Å². The fraction of sp³-hybridized carbons (Fsp3) is 0.300. The predicted molar refractivity (Wildman–Crippen MR) is 100 cm³/mol. The fourth-order valence-corrected chi connectivity index (χ4v) is 2.73. The van der Waals surface area contributed by atoms with E-state index in [1.54, 1.807) is 24.1 Å². The lowest BCUT2D eigenvalue weighted by molar-refractivity contribution is -0.117. The van der Waals surface area contributed by atoms with E-state index in [1.165, 1.54) is 6.92 Å². The van der Waals surface area contributed by atoms with Gasteiger partial charge in [-0.2, -0.15) is 0 Å². The Labute approximate surface area is 148 Å². The van der Waals surface area contributed by atoms with E-state index in [4.69, 9.17) is 4.74 Å². The molecule has 2 rings (SSSR count). The monoisotopic (exact) mass is 340 g/mol. The summed E-state index contributed by atoms with van der Waals surface area (Å²) in [7, 11) is 1.56. The quantitative estimate of drug-likeness (QED) is 0.872. The summed E-state index contributed by atoms with van der Waals surface area (Å²) in [6.07, 6.45) is 0.199. The van der Waals surface area contributed by atoms with Gasteiger partial charge in [0, 0.05) is 25.6 Å². The van der Waals surface area contributed by atoms with E-state index >= 15 is 0 Å². The van der Waals surface area contributed by atoms with Crippen molar-refractivity contribution in [1.82, 2.24) is 0 Å². The summed E-state index contributed by atoms with van der Waals surface area (Å²) in [6.45, 7) is 5.81. The number of nitrogens with zero attached hydrogens (tertiary/aromatic N) is 1. The molecule has 132 valence electrons. The first-order valence-electron chi connectivity index (χ1n) is 8.20. The molecule has 0 saturated carbocycles. The standard InChI is InChI=1S/C20H24N2O3/c1-14-9-10-18(15(2)13-14)22(16(3)23)12-11-20(24)21-17-7-5-6-8-19(17)25-4/h5-10,13H,11-12H2,1-4H3,(H,21,24). The highest BCUT2D eigenvalue weighted by atomic mass is 16.5. The number of anilines is 2. The second-order valence-electron chi connectivity index (χ2n) is 5.96. The van der Waals surface area contributed by atoms with Crippen molar-refractivity contribution in [2.24, 2.45) is 0 Å². The highest BCUT2D eigenvalue weighted by Crippen LogP contribution is 2.24. The van der Waals surface area contributed by atoms with Gasteiger partial charge in [-0.15, -0.1) is 0 Å². The molecule has 0 aromatic heterocycles. The first-order valence-corrected chi connectivity index (χ1v) is 8.20. The zero-order valence-electron chi connectivity index (χ0n) is 15.1. The number of hydrogen-bond acceptors (Lipinski definition) is 3. The molecule has 2 amide bonds. The third kappa shape index (κ3) is 4.83. The molecule has 2 aromatic rings. The maximum atomic E-state index is 12.3. The van der Waals surface area contributed by atoms with Crippen molar-refractivity contribution in [2.45, 2.75) is 27.2 Å². The SMILES string of the molecule is COc1ccccc1NC(=O)CCN(C(C)=O)c1ccc(C)cc1C. The first kappa shape index (κ1) is 18.5. The third-order valence-electron chi connectivity index (χ3n) is 3.97. The molecule has 0 saturated heterocycles. The van der Waals surface area contributed by atoms with Gasteiger partial charge in [0.25, 0.3) is 0 Å². The molecule has 0 aliphatic rings. The van der Waals surface area contributed by atoms with Gasteiger partial charge in [0.05, 0.1) is 12.8 Å². The van der Waals surface area contributed by atoms with Crippen LogP contribution in [0, 0.1) is 13.8 Å². The minimum absolute atomic E-state index is 0.0861. The summed E-state index contributed by atoms with van der Waals surface area (Å²) in [6, 6.07) is 13.1. The largest absolute Gasteiger partial charge is 0.495 e. The molecule has 0 aliphatic heterocycles. The molecule has 0 aliphatic carbocycles. The van der Waals surface area contributed by atoms with Crippen LogP contribution in [0.1, 0.15) is 24.5 Å². The zero-order valence-corrected chi connectivity index (χ0v) is 15.1. The van der Waals surface area contributed by atoms with Crippen molar-refractivity contribution in [2.75, 3.05) is 23.9 Å². The topological polar surface area (TPSA) is 58.6 Å². The number of amides is 2. The maximum Gasteiger partial charge on any atom is 0.226 e. The van der Waals surface area contributed by atoms with Crippen molar-refractivity contribution < 1.29 is 14.3 Å². The smallest absolute Gasteiger partial charge is 0.226 e. The van der Waals surface area contributed by atoms with E-state index in [0.29, 0.717) is 18.0 Å². The minimum atomic E-state index is -0.166. The molecule has 0 atom stereocenters. The highest BCUT2D eigenvalue weighted by Gasteiger charge is 2.16. The van der Waals surface area contributed by atoms with E-state index in [2.05, 4.69) is 5.32 Å². The number of rotatable bonds is 6. The van der Waals surface area contributed by atoms with Crippen molar-refractivity contribution in [3.05, 3.63) is 53.6 Å². The molecule has 5 nitrogen and oxygen atoms in total. The molecule has 0 bridgehead atoms. The summed E-state index contributed by atoms with van der Waals surface area (Å²) in [5.41, 5.74) is 3.61. The fourth-order valence-electron chi connectivity index (χ4n) is 2.73. The Hall–Kier alpha value is -2.82. The first-order chi connectivity index (χ1) is 11.9. The van der Waals surface area contributed by atoms with Gasteiger partial charge in [-0.05, 0) is 37.6 Å². The van der Waals surface area contributed by atoms with Crippen LogP contribution in [0.25, 0.3) is 0 Å². The predicted octanol–water partition coefficient (Wildman–Crippen LogP) is 3.69. The molecule has 1 N–H and O–H groups in total. The van der Waals surface area contributed by atoms with Crippen LogP contribution in [-0.2, 0) is 9.59 Å². The van der Waals surface area contributed by atoms with Gasteiger partial charge in [0.15, 0.2) is 0 Å². The number of benzene rings is 2. The van der Waals surface area contributed by atoms with Crippen LogP contribution in [0.15, 0.2) is 42.5 Å². The molecule has 0 spiro atoms. The van der Waals surface area contributed by atoms with Gasteiger partial charge in [0.2, 0.25) is 11.8 Å². The lowest BCUT2D eigenvalue weighted by atomic mass is 10.1. The average molecular weight is 340 g/mol. The number of carbonyl (C=O) groups excluding carboxylic acids is 2. The maximum absolute atomic E-state index is 12.3. The van der Waals surface area contributed by atoms with Gasteiger partial charge in [-0.1, -0.05) is 29.8 Å². The molecule has 5 heteroatoms.